The van der Waals surface area contributed by atoms with Gasteiger partial charge in [-0.25, -0.2) is 8.42 Å². The van der Waals surface area contributed by atoms with Crippen molar-refractivity contribution >= 4 is 59.4 Å². The molecular weight excluding hydrogens is 566 g/mol. The van der Waals surface area contributed by atoms with E-state index in [1.54, 1.807) is 4.57 Å². The van der Waals surface area contributed by atoms with Gasteiger partial charge in [0.2, 0.25) is 10.0 Å². The van der Waals surface area contributed by atoms with Crippen LogP contribution in [0.1, 0.15) is 38.1 Å². The highest BCUT2D eigenvalue weighted by molar-refractivity contribution is 9.10. The molecule has 0 atom stereocenters. The lowest BCUT2D eigenvalue weighted by Gasteiger charge is -2.25. The van der Waals surface area contributed by atoms with Crippen molar-refractivity contribution in [1.82, 2.24) is 8.87 Å². The number of hydrogen-bond acceptors (Lipinski definition) is 6. The highest BCUT2D eigenvalue weighted by Crippen LogP contribution is 2.23. The molecule has 2 aromatic carbocycles. The number of benzene rings is 2. The van der Waals surface area contributed by atoms with E-state index < -0.39 is 21.9 Å². The molecule has 11 heteroatoms. The molecule has 1 heterocycles. The number of thiazole rings is 1. The van der Waals surface area contributed by atoms with Gasteiger partial charge >= 0.3 is 5.97 Å². The van der Waals surface area contributed by atoms with Crippen LogP contribution in [-0.4, -0.2) is 49.4 Å². The zero-order valence-corrected chi connectivity index (χ0v) is 24.1. The number of esters is 1. The molecule has 0 aliphatic carbocycles. The summed E-state index contributed by atoms with van der Waals surface area (Å²) in [5, 5.41) is 0. The molecule has 0 saturated carbocycles. The van der Waals surface area contributed by atoms with Crippen LogP contribution in [0.25, 0.3) is 10.2 Å². The Labute approximate surface area is 223 Å². The first-order valence-electron chi connectivity index (χ1n) is 11.5. The quantitative estimate of drug-likeness (QED) is 0.334. The van der Waals surface area contributed by atoms with E-state index in [0.29, 0.717) is 17.9 Å². The van der Waals surface area contributed by atoms with Gasteiger partial charge in [0.1, 0.15) is 6.54 Å². The topological polar surface area (TPSA) is 98.0 Å². The predicted molar refractivity (Wildman–Crippen MR) is 144 cm³/mol. The van der Waals surface area contributed by atoms with Crippen molar-refractivity contribution in [1.29, 1.82) is 0 Å². The Balaban J connectivity index is 1.96. The number of amides is 1. The molecular formula is C25H30BrN3O5S2. The standard InChI is InChI=1S/C25H30BrN3O5S2/c1-16(2)13-28(14-17(3)4)36(32,33)20-9-6-18(7-10-20)24(31)27-25-29(15-23(30)34-5)21-11-8-19(26)12-22(21)35-25/h6-12,16-17H,13-15H2,1-5H3. The molecule has 0 aliphatic heterocycles. The molecule has 0 saturated heterocycles. The third kappa shape index (κ3) is 6.70. The van der Waals surface area contributed by atoms with Gasteiger partial charge in [0, 0.05) is 23.1 Å². The maximum Gasteiger partial charge on any atom is 0.325 e. The Morgan fingerprint density at radius 2 is 1.67 bits per heavy atom. The van der Waals surface area contributed by atoms with E-state index in [2.05, 4.69) is 20.9 Å². The molecule has 8 nitrogen and oxygen atoms in total. The van der Waals surface area contributed by atoms with E-state index in [1.807, 2.05) is 45.9 Å². The molecule has 0 unspecified atom stereocenters. The number of sulfonamides is 1. The fraction of sp³-hybridized carbons (Fsp3) is 0.400. The molecule has 0 spiro atoms. The van der Waals surface area contributed by atoms with Crippen LogP contribution in [0.2, 0.25) is 0 Å². The molecule has 0 radical (unpaired) electrons. The van der Waals surface area contributed by atoms with Crippen LogP contribution in [0.3, 0.4) is 0 Å². The smallest absolute Gasteiger partial charge is 0.325 e. The maximum atomic E-state index is 13.2. The van der Waals surface area contributed by atoms with Gasteiger partial charge < -0.3 is 9.30 Å². The monoisotopic (exact) mass is 595 g/mol. The lowest BCUT2D eigenvalue weighted by atomic mass is 10.2. The van der Waals surface area contributed by atoms with E-state index >= 15 is 0 Å². The number of nitrogens with zero attached hydrogens (tertiary/aromatic N) is 3. The lowest BCUT2D eigenvalue weighted by Crippen LogP contribution is -2.37. The van der Waals surface area contributed by atoms with Crippen LogP contribution in [-0.2, 0) is 26.1 Å². The van der Waals surface area contributed by atoms with E-state index in [1.165, 1.54) is 47.0 Å². The third-order valence-electron chi connectivity index (χ3n) is 5.23. The van der Waals surface area contributed by atoms with Crippen molar-refractivity contribution < 1.29 is 22.7 Å². The van der Waals surface area contributed by atoms with Crippen LogP contribution in [0.4, 0.5) is 0 Å². The van der Waals surface area contributed by atoms with E-state index in [0.717, 1.165) is 14.7 Å². The number of hydrogen-bond donors (Lipinski definition) is 0. The van der Waals surface area contributed by atoms with Crippen molar-refractivity contribution in [2.75, 3.05) is 20.2 Å². The zero-order valence-electron chi connectivity index (χ0n) is 20.9. The Morgan fingerprint density at radius 3 is 2.22 bits per heavy atom. The highest BCUT2D eigenvalue weighted by atomic mass is 79.9. The lowest BCUT2D eigenvalue weighted by molar-refractivity contribution is -0.141. The first kappa shape index (κ1) is 28.2. The highest BCUT2D eigenvalue weighted by Gasteiger charge is 2.26. The molecule has 0 N–H and O–H groups in total. The van der Waals surface area contributed by atoms with Crippen molar-refractivity contribution in [3.63, 3.8) is 0 Å². The molecule has 1 amide bonds. The largest absolute Gasteiger partial charge is 0.468 e. The number of ether oxygens (including phenoxy) is 1. The Hall–Kier alpha value is -2.34. The molecule has 36 heavy (non-hydrogen) atoms. The molecule has 0 fully saturated rings. The van der Waals surface area contributed by atoms with Gasteiger partial charge in [-0.3, -0.25) is 9.59 Å². The summed E-state index contributed by atoms with van der Waals surface area (Å²) in [7, 11) is -2.40. The summed E-state index contributed by atoms with van der Waals surface area (Å²) in [6.07, 6.45) is 0. The predicted octanol–water partition coefficient (Wildman–Crippen LogP) is 4.68. The SMILES string of the molecule is COC(=O)Cn1c(=NC(=O)c2ccc(S(=O)(=O)N(CC(C)C)CC(C)C)cc2)sc2cc(Br)ccc21. The van der Waals surface area contributed by atoms with Crippen LogP contribution < -0.4 is 4.80 Å². The molecule has 3 rings (SSSR count). The fourth-order valence-corrected chi connectivity index (χ4v) is 6.98. The number of carbonyl (C=O) groups excluding carboxylic acids is 2. The van der Waals surface area contributed by atoms with Gasteiger partial charge in [0.05, 0.1) is 22.2 Å². The number of halogens is 1. The molecule has 1 aromatic heterocycles. The Kier molecular flexibility index (Phi) is 9.26. The van der Waals surface area contributed by atoms with Crippen LogP contribution in [0.5, 0.6) is 0 Å². The summed E-state index contributed by atoms with van der Waals surface area (Å²) in [5.74, 6) is -0.647. The summed E-state index contributed by atoms with van der Waals surface area (Å²) in [6, 6.07) is 11.4. The minimum Gasteiger partial charge on any atom is -0.468 e. The van der Waals surface area contributed by atoms with Gasteiger partial charge in [-0.15, -0.1) is 0 Å². The van der Waals surface area contributed by atoms with E-state index in [4.69, 9.17) is 4.74 Å². The fourth-order valence-electron chi connectivity index (χ4n) is 3.63. The molecule has 0 bridgehead atoms. The zero-order chi connectivity index (χ0) is 26.6. The summed E-state index contributed by atoms with van der Waals surface area (Å²) < 4.78 is 36.1. The second-order valence-electron chi connectivity index (χ2n) is 9.21. The van der Waals surface area contributed by atoms with E-state index in [9.17, 15) is 18.0 Å². The number of carbonyl (C=O) groups is 2. The van der Waals surface area contributed by atoms with Crippen molar-refractivity contribution in [2.45, 2.75) is 39.1 Å². The number of fused-ring (bicyclic) bond motifs is 1. The minimum atomic E-state index is -3.70. The summed E-state index contributed by atoms with van der Waals surface area (Å²) in [5.41, 5.74) is 0.994. The van der Waals surface area contributed by atoms with Gasteiger partial charge in [0.25, 0.3) is 5.91 Å². The minimum absolute atomic E-state index is 0.0943. The third-order valence-corrected chi connectivity index (χ3v) is 8.61. The van der Waals surface area contributed by atoms with Crippen LogP contribution in [0, 0.1) is 11.8 Å². The van der Waals surface area contributed by atoms with Crippen LogP contribution in [0.15, 0.2) is 56.8 Å². The van der Waals surface area contributed by atoms with Gasteiger partial charge in [-0.05, 0) is 54.3 Å². The number of aromatic nitrogens is 1. The average Bonchev–Trinajstić information content (AvgIpc) is 3.13. The molecule has 3 aromatic rings. The Bertz CT molecular complexity index is 1410. The number of methoxy groups -OCH3 is 1. The van der Waals surface area contributed by atoms with Gasteiger partial charge in [0.15, 0.2) is 4.80 Å². The van der Waals surface area contributed by atoms with Crippen LogP contribution >= 0.6 is 27.3 Å². The Morgan fingerprint density at radius 1 is 1.06 bits per heavy atom. The normalized spacial score (nSPS) is 12.8. The first-order valence-corrected chi connectivity index (χ1v) is 14.5. The first-order chi connectivity index (χ1) is 16.9. The maximum absolute atomic E-state index is 13.2. The van der Waals surface area contributed by atoms with E-state index in [-0.39, 0.29) is 28.8 Å². The van der Waals surface area contributed by atoms with Crippen molar-refractivity contribution in [3.8, 4) is 0 Å². The van der Waals surface area contributed by atoms with Gasteiger partial charge in [-0.1, -0.05) is 55.0 Å². The van der Waals surface area contributed by atoms with Gasteiger partial charge in [-0.2, -0.15) is 9.30 Å². The van der Waals surface area contributed by atoms with Crippen molar-refractivity contribution in [2.24, 2.45) is 16.8 Å². The summed E-state index contributed by atoms with van der Waals surface area (Å²) in [6.45, 7) is 8.65. The molecule has 0 aliphatic rings. The average molecular weight is 597 g/mol. The second-order valence-corrected chi connectivity index (χ2v) is 13.1. The molecule has 194 valence electrons. The van der Waals surface area contributed by atoms with Crippen molar-refractivity contribution in [3.05, 3.63) is 57.3 Å². The number of rotatable bonds is 9. The second kappa shape index (κ2) is 11.8. The summed E-state index contributed by atoms with van der Waals surface area (Å²) in [4.78, 5) is 29.7. The summed E-state index contributed by atoms with van der Waals surface area (Å²) >= 11 is 4.70.